The standard InChI is InChI=1S/C18H19Cl2N3O5S/c1-11(2)17(23-29(26,27)14-6-3-12(19)4-7-14)18(25)28-10-16(24)22-15-8-5-13(20)9-21-15/h3-9,11,17,23H,10H2,1-2H3,(H,21,22,24). The molecule has 0 fully saturated rings. The van der Waals surface area contributed by atoms with E-state index < -0.39 is 40.5 Å². The Morgan fingerprint density at radius 1 is 1.07 bits per heavy atom. The summed E-state index contributed by atoms with van der Waals surface area (Å²) in [6, 6.07) is 7.33. The fraction of sp³-hybridized carbons (Fsp3) is 0.278. The first kappa shape index (κ1) is 23.1. The van der Waals surface area contributed by atoms with Gasteiger partial charge in [0.25, 0.3) is 5.91 Å². The second kappa shape index (κ2) is 10.0. The molecule has 11 heteroatoms. The Kier molecular flexibility index (Phi) is 7.97. The highest BCUT2D eigenvalue weighted by molar-refractivity contribution is 7.89. The number of ether oxygens (including phenoxy) is 1. The van der Waals surface area contributed by atoms with E-state index in [-0.39, 0.29) is 10.7 Å². The summed E-state index contributed by atoms with van der Waals surface area (Å²) >= 11 is 11.5. The maximum atomic E-state index is 12.5. The molecule has 1 amide bonds. The third kappa shape index (κ3) is 6.97. The summed E-state index contributed by atoms with van der Waals surface area (Å²) in [7, 11) is -3.99. The van der Waals surface area contributed by atoms with Crippen molar-refractivity contribution in [2.75, 3.05) is 11.9 Å². The molecule has 1 atom stereocenters. The van der Waals surface area contributed by atoms with Crippen LogP contribution in [-0.4, -0.2) is 37.9 Å². The van der Waals surface area contributed by atoms with Crippen LogP contribution in [0, 0.1) is 5.92 Å². The van der Waals surface area contributed by atoms with Crippen molar-refractivity contribution in [3.8, 4) is 0 Å². The maximum absolute atomic E-state index is 12.5. The first-order valence-electron chi connectivity index (χ1n) is 8.44. The summed E-state index contributed by atoms with van der Waals surface area (Å²) in [4.78, 5) is 28.1. The van der Waals surface area contributed by atoms with Gasteiger partial charge in [-0.2, -0.15) is 4.72 Å². The van der Waals surface area contributed by atoms with E-state index in [1.54, 1.807) is 13.8 Å². The molecule has 0 aliphatic heterocycles. The predicted molar refractivity (Wildman–Crippen MR) is 109 cm³/mol. The number of hydrogen-bond donors (Lipinski definition) is 2. The van der Waals surface area contributed by atoms with Crippen LogP contribution in [0.4, 0.5) is 5.82 Å². The average molecular weight is 460 g/mol. The molecule has 2 N–H and O–H groups in total. The van der Waals surface area contributed by atoms with Gasteiger partial charge < -0.3 is 10.1 Å². The highest BCUT2D eigenvalue weighted by atomic mass is 35.5. The van der Waals surface area contributed by atoms with Gasteiger partial charge in [0.2, 0.25) is 10.0 Å². The molecule has 1 aromatic heterocycles. The van der Waals surface area contributed by atoms with Gasteiger partial charge in [-0.05, 0) is 42.3 Å². The molecule has 1 heterocycles. The first-order valence-corrected chi connectivity index (χ1v) is 10.7. The molecule has 0 radical (unpaired) electrons. The topological polar surface area (TPSA) is 114 Å². The van der Waals surface area contributed by atoms with Gasteiger partial charge in [-0.3, -0.25) is 9.59 Å². The minimum atomic E-state index is -3.99. The molecule has 0 saturated heterocycles. The van der Waals surface area contributed by atoms with Crippen molar-refractivity contribution in [3.05, 3.63) is 52.6 Å². The number of hydrogen-bond acceptors (Lipinski definition) is 6. The third-order valence-corrected chi connectivity index (χ3v) is 5.60. The molecule has 29 heavy (non-hydrogen) atoms. The molecule has 8 nitrogen and oxygen atoms in total. The number of nitrogens with one attached hydrogen (secondary N) is 2. The monoisotopic (exact) mass is 459 g/mol. The zero-order chi connectivity index (χ0) is 21.6. The molecular formula is C18H19Cl2N3O5S. The molecule has 0 aliphatic rings. The zero-order valence-corrected chi connectivity index (χ0v) is 17.9. The Morgan fingerprint density at radius 2 is 1.69 bits per heavy atom. The summed E-state index contributed by atoms with van der Waals surface area (Å²) in [6.45, 7) is 2.69. The highest BCUT2D eigenvalue weighted by Crippen LogP contribution is 2.16. The minimum absolute atomic E-state index is 0.0492. The summed E-state index contributed by atoms with van der Waals surface area (Å²) < 4.78 is 32.3. The fourth-order valence-corrected chi connectivity index (χ4v) is 3.73. The van der Waals surface area contributed by atoms with Gasteiger partial charge in [-0.15, -0.1) is 0 Å². The lowest BCUT2D eigenvalue weighted by Gasteiger charge is -2.20. The Morgan fingerprint density at radius 3 is 2.24 bits per heavy atom. The van der Waals surface area contributed by atoms with Crippen LogP contribution < -0.4 is 10.0 Å². The molecule has 2 aromatic rings. The van der Waals surface area contributed by atoms with E-state index in [0.717, 1.165) is 0 Å². The van der Waals surface area contributed by atoms with Gasteiger partial charge in [0.1, 0.15) is 11.9 Å². The highest BCUT2D eigenvalue weighted by Gasteiger charge is 2.30. The van der Waals surface area contributed by atoms with Crippen LogP contribution in [0.25, 0.3) is 0 Å². The second-order valence-electron chi connectivity index (χ2n) is 6.31. The van der Waals surface area contributed by atoms with Crippen LogP contribution >= 0.6 is 23.2 Å². The van der Waals surface area contributed by atoms with Crippen LogP contribution in [0.3, 0.4) is 0 Å². The molecule has 0 bridgehead atoms. The van der Waals surface area contributed by atoms with Gasteiger partial charge >= 0.3 is 5.97 Å². The summed E-state index contributed by atoms with van der Waals surface area (Å²) in [5.41, 5.74) is 0. The van der Waals surface area contributed by atoms with Crippen LogP contribution in [0.2, 0.25) is 10.0 Å². The number of pyridine rings is 1. The SMILES string of the molecule is CC(C)C(NS(=O)(=O)c1ccc(Cl)cc1)C(=O)OCC(=O)Nc1ccc(Cl)cn1. The molecule has 156 valence electrons. The Balaban J connectivity index is 1.99. The van der Waals surface area contributed by atoms with E-state index in [2.05, 4.69) is 15.0 Å². The smallest absolute Gasteiger partial charge is 0.324 e. The van der Waals surface area contributed by atoms with E-state index in [1.165, 1.54) is 42.6 Å². The predicted octanol–water partition coefficient (Wildman–Crippen LogP) is 2.87. The number of nitrogens with zero attached hydrogens (tertiary/aromatic N) is 1. The van der Waals surface area contributed by atoms with Crippen molar-refractivity contribution in [1.82, 2.24) is 9.71 Å². The number of carbonyl (C=O) groups is 2. The Hall–Kier alpha value is -2.20. The summed E-state index contributed by atoms with van der Waals surface area (Å²) in [6.07, 6.45) is 1.35. The van der Waals surface area contributed by atoms with Crippen LogP contribution in [0.1, 0.15) is 13.8 Å². The van der Waals surface area contributed by atoms with Crippen LogP contribution in [0.15, 0.2) is 47.5 Å². The van der Waals surface area contributed by atoms with Crippen molar-refractivity contribution in [2.45, 2.75) is 24.8 Å². The zero-order valence-electron chi connectivity index (χ0n) is 15.6. The number of anilines is 1. The fourth-order valence-electron chi connectivity index (χ4n) is 2.16. The van der Waals surface area contributed by atoms with E-state index in [9.17, 15) is 18.0 Å². The number of benzene rings is 1. The van der Waals surface area contributed by atoms with Gasteiger partial charge in [-0.1, -0.05) is 37.0 Å². The Bertz CT molecular complexity index is 964. The van der Waals surface area contributed by atoms with Gasteiger partial charge in [-0.25, -0.2) is 13.4 Å². The number of rotatable bonds is 8. The third-order valence-electron chi connectivity index (χ3n) is 3.67. The summed E-state index contributed by atoms with van der Waals surface area (Å²) in [5, 5.41) is 3.22. The molecule has 2 rings (SSSR count). The van der Waals surface area contributed by atoms with Crippen molar-refractivity contribution < 1.29 is 22.7 Å². The van der Waals surface area contributed by atoms with E-state index >= 15 is 0 Å². The molecule has 1 unspecified atom stereocenters. The van der Waals surface area contributed by atoms with Gasteiger partial charge in [0.05, 0.1) is 9.92 Å². The van der Waals surface area contributed by atoms with Crippen molar-refractivity contribution in [2.24, 2.45) is 5.92 Å². The summed E-state index contributed by atoms with van der Waals surface area (Å²) in [5.74, 6) is -1.70. The van der Waals surface area contributed by atoms with Gasteiger partial charge in [0.15, 0.2) is 6.61 Å². The van der Waals surface area contributed by atoms with E-state index in [4.69, 9.17) is 27.9 Å². The Labute approximate surface area is 178 Å². The molecular weight excluding hydrogens is 441 g/mol. The number of esters is 1. The molecule has 1 aromatic carbocycles. The van der Waals surface area contributed by atoms with Gasteiger partial charge in [0, 0.05) is 11.2 Å². The lowest BCUT2D eigenvalue weighted by Crippen LogP contribution is -2.45. The molecule has 0 aliphatic carbocycles. The number of aromatic nitrogens is 1. The largest absolute Gasteiger partial charge is 0.454 e. The molecule has 0 saturated carbocycles. The van der Waals surface area contributed by atoms with E-state index in [0.29, 0.717) is 10.0 Å². The maximum Gasteiger partial charge on any atom is 0.324 e. The first-order chi connectivity index (χ1) is 13.6. The number of carbonyl (C=O) groups excluding carboxylic acids is 2. The van der Waals surface area contributed by atoms with Crippen LogP contribution in [-0.2, 0) is 24.3 Å². The van der Waals surface area contributed by atoms with E-state index in [1.807, 2.05) is 0 Å². The molecule has 0 spiro atoms. The van der Waals surface area contributed by atoms with Crippen molar-refractivity contribution in [3.63, 3.8) is 0 Å². The second-order valence-corrected chi connectivity index (χ2v) is 8.90. The number of halogens is 2. The number of amides is 1. The van der Waals surface area contributed by atoms with Crippen molar-refractivity contribution >= 4 is 50.9 Å². The lowest BCUT2D eigenvalue weighted by atomic mass is 10.1. The normalized spacial score (nSPS) is 12.4. The van der Waals surface area contributed by atoms with Crippen LogP contribution in [0.5, 0.6) is 0 Å². The average Bonchev–Trinajstić information content (AvgIpc) is 2.66. The lowest BCUT2D eigenvalue weighted by molar-refractivity contribution is -0.150. The quantitative estimate of drug-likeness (QED) is 0.586. The van der Waals surface area contributed by atoms with Crippen molar-refractivity contribution in [1.29, 1.82) is 0 Å². The number of sulfonamides is 1. The minimum Gasteiger partial charge on any atom is -0.454 e.